The first kappa shape index (κ1) is 16.6. The van der Waals surface area contributed by atoms with Crippen molar-refractivity contribution < 1.29 is 4.39 Å². The van der Waals surface area contributed by atoms with E-state index in [4.69, 9.17) is 17.3 Å². The number of alkyl halides is 1. The number of imidazole rings is 1. The van der Waals surface area contributed by atoms with Crippen molar-refractivity contribution in [3.05, 3.63) is 65.5 Å². The molecule has 5 nitrogen and oxygen atoms in total. The second kappa shape index (κ2) is 6.77. The van der Waals surface area contributed by atoms with Crippen LogP contribution in [0.2, 0.25) is 0 Å². The molecule has 0 unspecified atom stereocenters. The minimum atomic E-state index is -0.953. The van der Waals surface area contributed by atoms with E-state index in [1.807, 2.05) is 48.5 Å². The summed E-state index contributed by atoms with van der Waals surface area (Å²) < 4.78 is 15.9. The molecular formula is C20H20FN5. The third-order valence-electron chi connectivity index (χ3n) is 4.89. The van der Waals surface area contributed by atoms with Crippen LogP contribution in [0.4, 0.5) is 16.0 Å². The lowest BCUT2D eigenvalue weighted by Crippen LogP contribution is -2.50. The van der Waals surface area contributed by atoms with Crippen LogP contribution in [0, 0.1) is 6.57 Å². The molecule has 2 heterocycles. The molecule has 2 N–H and O–H groups in total. The highest BCUT2D eigenvalue weighted by Gasteiger charge is 2.29. The molecule has 2 atom stereocenters. The first-order valence-corrected chi connectivity index (χ1v) is 8.72. The average molecular weight is 349 g/mol. The second-order valence-corrected chi connectivity index (χ2v) is 6.68. The smallest absolute Gasteiger partial charge is 0.206 e. The van der Waals surface area contributed by atoms with Crippen LogP contribution in [0.25, 0.3) is 15.9 Å². The number of hydrogen-bond acceptors (Lipinski definition) is 3. The van der Waals surface area contributed by atoms with Crippen LogP contribution < -0.4 is 10.6 Å². The van der Waals surface area contributed by atoms with Crippen LogP contribution in [0.5, 0.6) is 0 Å². The van der Waals surface area contributed by atoms with Crippen molar-refractivity contribution in [1.82, 2.24) is 9.55 Å². The Morgan fingerprint density at radius 2 is 1.96 bits per heavy atom. The van der Waals surface area contributed by atoms with Gasteiger partial charge in [-0.05, 0) is 24.1 Å². The third kappa shape index (κ3) is 3.02. The van der Waals surface area contributed by atoms with Crippen molar-refractivity contribution in [2.45, 2.75) is 25.2 Å². The monoisotopic (exact) mass is 349 g/mol. The summed E-state index contributed by atoms with van der Waals surface area (Å²) in [6.07, 6.45) is -0.533. The number of para-hydroxylation sites is 2. The molecule has 1 aliphatic heterocycles. The van der Waals surface area contributed by atoms with Crippen molar-refractivity contribution >= 4 is 22.7 Å². The van der Waals surface area contributed by atoms with Gasteiger partial charge in [-0.25, -0.2) is 14.2 Å². The van der Waals surface area contributed by atoms with Gasteiger partial charge in [0.15, 0.2) is 5.69 Å². The van der Waals surface area contributed by atoms with Crippen LogP contribution in [-0.2, 0) is 6.54 Å². The van der Waals surface area contributed by atoms with Gasteiger partial charge in [0.1, 0.15) is 6.17 Å². The van der Waals surface area contributed by atoms with E-state index in [-0.39, 0.29) is 0 Å². The maximum Gasteiger partial charge on any atom is 0.206 e. The number of nitrogens with two attached hydrogens (primary N) is 1. The van der Waals surface area contributed by atoms with Gasteiger partial charge >= 0.3 is 0 Å². The van der Waals surface area contributed by atoms with Crippen LogP contribution in [0.15, 0.2) is 48.5 Å². The van der Waals surface area contributed by atoms with Gasteiger partial charge in [0.2, 0.25) is 5.95 Å². The standard InChI is InChI=1S/C20H20FN5/c1-23-15-8-6-14(7-9-15)12-26-19-5-3-2-4-18(19)24-20(26)25-11-10-16(21)17(22)13-25/h2-9,16-17H,10-13,22H2/t16-,17+/m0/s1. The summed E-state index contributed by atoms with van der Waals surface area (Å²) in [6, 6.07) is 15.1. The molecular weight excluding hydrogens is 329 g/mol. The highest BCUT2D eigenvalue weighted by atomic mass is 19.1. The van der Waals surface area contributed by atoms with E-state index in [1.54, 1.807) is 0 Å². The largest absolute Gasteiger partial charge is 0.340 e. The maximum absolute atomic E-state index is 13.8. The summed E-state index contributed by atoms with van der Waals surface area (Å²) in [4.78, 5) is 10.3. The molecule has 4 rings (SSSR count). The Morgan fingerprint density at radius 3 is 2.69 bits per heavy atom. The molecule has 1 aliphatic rings. The zero-order chi connectivity index (χ0) is 18.1. The van der Waals surface area contributed by atoms with E-state index in [0.29, 0.717) is 31.7 Å². The summed E-state index contributed by atoms with van der Waals surface area (Å²) in [5.41, 5.74) is 9.62. The van der Waals surface area contributed by atoms with Crippen molar-refractivity contribution in [3.8, 4) is 0 Å². The predicted octanol–water partition coefficient (Wildman–Crippen LogP) is 3.51. The zero-order valence-corrected chi connectivity index (χ0v) is 14.3. The fourth-order valence-electron chi connectivity index (χ4n) is 3.45. The molecule has 1 fully saturated rings. The van der Waals surface area contributed by atoms with Gasteiger partial charge in [-0.2, -0.15) is 0 Å². The van der Waals surface area contributed by atoms with Crippen molar-refractivity contribution in [2.24, 2.45) is 5.73 Å². The molecule has 0 amide bonds. The summed E-state index contributed by atoms with van der Waals surface area (Å²) >= 11 is 0. The fraction of sp³-hybridized carbons (Fsp3) is 0.300. The van der Waals surface area contributed by atoms with Crippen LogP contribution >= 0.6 is 0 Å². The Hall–Kier alpha value is -2.91. The van der Waals surface area contributed by atoms with Crippen molar-refractivity contribution in [3.63, 3.8) is 0 Å². The Kier molecular flexibility index (Phi) is 4.31. The van der Waals surface area contributed by atoms with E-state index >= 15 is 0 Å². The van der Waals surface area contributed by atoms with E-state index in [2.05, 4.69) is 14.3 Å². The lowest BCUT2D eigenvalue weighted by Gasteiger charge is -2.34. The SMILES string of the molecule is [C-]#[N+]c1ccc(Cn2c(N3CC[C@H](F)[C@H](N)C3)nc3ccccc32)cc1. The second-order valence-electron chi connectivity index (χ2n) is 6.68. The summed E-state index contributed by atoms with van der Waals surface area (Å²) in [5, 5.41) is 0. The van der Waals surface area contributed by atoms with Crippen molar-refractivity contribution in [1.29, 1.82) is 0 Å². The highest BCUT2D eigenvalue weighted by Crippen LogP contribution is 2.27. The molecule has 1 aromatic heterocycles. The summed E-state index contributed by atoms with van der Waals surface area (Å²) in [5.74, 6) is 0.822. The number of nitrogens with zero attached hydrogens (tertiary/aromatic N) is 4. The summed E-state index contributed by atoms with van der Waals surface area (Å²) in [7, 11) is 0. The van der Waals surface area contributed by atoms with Crippen LogP contribution in [-0.4, -0.2) is 34.9 Å². The molecule has 0 aliphatic carbocycles. The van der Waals surface area contributed by atoms with Gasteiger partial charge in [0.05, 0.1) is 30.2 Å². The van der Waals surface area contributed by atoms with Crippen molar-refractivity contribution in [2.75, 3.05) is 18.0 Å². The van der Waals surface area contributed by atoms with Gasteiger partial charge in [0.25, 0.3) is 0 Å². The molecule has 3 aromatic rings. The Balaban J connectivity index is 1.73. The minimum absolute atomic E-state index is 0.421. The molecule has 0 radical (unpaired) electrons. The number of piperidine rings is 1. The topological polar surface area (TPSA) is 51.4 Å². The summed E-state index contributed by atoms with van der Waals surface area (Å²) in [6.45, 7) is 8.79. The predicted molar refractivity (Wildman–Crippen MR) is 101 cm³/mol. The van der Waals surface area contributed by atoms with Gasteiger partial charge in [-0.1, -0.05) is 36.4 Å². The number of aromatic nitrogens is 2. The van der Waals surface area contributed by atoms with Gasteiger partial charge < -0.3 is 15.2 Å². The number of hydrogen-bond donors (Lipinski definition) is 1. The number of anilines is 1. The van der Waals surface area contributed by atoms with E-state index in [1.165, 1.54) is 0 Å². The van der Waals surface area contributed by atoms with Crippen LogP contribution in [0.3, 0.4) is 0 Å². The van der Waals surface area contributed by atoms with Gasteiger partial charge in [-0.3, -0.25) is 0 Å². The number of halogens is 1. The Bertz CT molecular complexity index is 956. The lowest BCUT2D eigenvalue weighted by atomic mass is 10.1. The number of benzene rings is 2. The quantitative estimate of drug-likeness (QED) is 0.736. The average Bonchev–Trinajstić information content (AvgIpc) is 3.03. The van der Waals surface area contributed by atoms with E-state index in [9.17, 15) is 4.39 Å². The molecule has 1 saturated heterocycles. The first-order valence-electron chi connectivity index (χ1n) is 8.72. The fourth-order valence-corrected chi connectivity index (χ4v) is 3.45. The third-order valence-corrected chi connectivity index (χ3v) is 4.89. The van der Waals surface area contributed by atoms with E-state index in [0.717, 1.165) is 22.5 Å². The van der Waals surface area contributed by atoms with E-state index < -0.39 is 12.2 Å². The molecule has 0 spiro atoms. The molecule has 0 saturated carbocycles. The first-order chi connectivity index (χ1) is 12.7. The molecule has 0 bridgehead atoms. The molecule has 26 heavy (non-hydrogen) atoms. The number of fused-ring (bicyclic) bond motifs is 1. The molecule has 2 aromatic carbocycles. The van der Waals surface area contributed by atoms with Crippen LogP contribution in [0.1, 0.15) is 12.0 Å². The molecule has 6 heteroatoms. The Labute approximate surface area is 151 Å². The Morgan fingerprint density at radius 1 is 1.19 bits per heavy atom. The van der Waals surface area contributed by atoms with Gasteiger partial charge in [0, 0.05) is 13.1 Å². The highest BCUT2D eigenvalue weighted by molar-refractivity contribution is 5.79. The minimum Gasteiger partial charge on any atom is -0.340 e. The normalized spacial score (nSPS) is 20.3. The maximum atomic E-state index is 13.8. The zero-order valence-electron chi connectivity index (χ0n) is 14.3. The molecule has 132 valence electrons. The number of rotatable bonds is 3. The lowest BCUT2D eigenvalue weighted by molar-refractivity contribution is 0.243. The van der Waals surface area contributed by atoms with Gasteiger partial charge in [-0.15, -0.1) is 0 Å².